The summed E-state index contributed by atoms with van der Waals surface area (Å²) in [7, 11) is 0. The van der Waals surface area contributed by atoms with E-state index in [2.05, 4.69) is 46.4 Å². The molecule has 0 saturated carbocycles. The Morgan fingerprint density at radius 2 is 2.00 bits per heavy atom. The van der Waals surface area contributed by atoms with E-state index in [0.29, 0.717) is 5.92 Å². The van der Waals surface area contributed by atoms with Crippen LogP contribution in [0.5, 0.6) is 0 Å². The van der Waals surface area contributed by atoms with Gasteiger partial charge in [0.05, 0.1) is 0 Å². The maximum absolute atomic E-state index is 6.29. The second kappa shape index (κ2) is 5.80. The molecule has 0 radical (unpaired) electrons. The second-order valence-corrected chi connectivity index (χ2v) is 6.26. The zero-order valence-electron chi connectivity index (χ0n) is 9.77. The summed E-state index contributed by atoms with van der Waals surface area (Å²) < 4.78 is 1.16. The topological polar surface area (TPSA) is 26.0 Å². The minimum absolute atomic E-state index is 0.108. The molecule has 3 heteroatoms. The quantitative estimate of drug-likeness (QED) is 0.890. The van der Waals surface area contributed by atoms with Crippen molar-refractivity contribution in [2.75, 3.05) is 0 Å². The smallest absolute Gasteiger partial charge is 0.0324 e. The Labute approximate surface area is 115 Å². The van der Waals surface area contributed by atoms with Gasteiger partial charge in [-0.2, -0.15) is 0 Å². The summed E-state index contributed by atoms with van der Waals surface area (Å²) in [5, 5.41) is 2.12. The van der Waals surface area contributed by atoms with E-state index >= 15 is 0 Å². The van der Waals surface area contributed by atoms with Crippen LogP contribution in [-0.4, -0.2) is 0 Å². The average molecular weight is 310 g/mol. The summed E-state index contributed by atoms with van der Waals surface area (Å²) >= 11 is 5.27. The standard InChI is InChI=1S/C14H16BrNS/c1-10(7-13-8-12(15)9-17-13)14(16)11-5-3-2-4-6-11/h2-6,8-10,14H,7,16H2,1H3. The van der Waals surface area contributed by atoms with Crippen LogP contribution in [0.15, 0.2) is 46.3 Å². The highest BCUT2D eigenvalue weighted by molar-refractivity contribution is 9.10. The maximum atomic E-state index is 6.29. The van der Waals surface area contributed by atoms with Gasteiger partial charge in [-0.05, 0) is 39.9 Å². The van der Waals surface area contributed by atoms with Gasteiger partial charge in [-0.25, -0.2) is 0 Å². The van der Waals surface area contributed by atoms with E-state index in [1.165, 1.54) is 10.4 Å². The lowest BCUT2D eigenvalue weighted by Crippen LogP contribution is -2.20. The van der Waals surface area contributed by atoms with E-state index < -0.39 is 0 Å². The van der Waals surface area contributed by atoms with Gasteiger partial charge in [0.15, 0.2) is 0 Å². The molecule has 0 fully saturated rings. The van der Waals surface area contributed by atoms with E-state index in [9.17, 15) is 0 Å². The first-order valence-corrected chi connectivity index (χ1v) is 7.37. The van der Waals surface area contributed by atoms with Gasteiger partial charge in [0.2, 0.25) is 0 Å². The molecule has 1 aromatic heterocycles. The Morgan fingerprint density at radius 1 is 1.29 bits per heavy atom. The zero-order valence-corrected chi connectivity index (χ0v) is 12.2. The highest BCUT2D eigenvalue weighted by Gasteiger charge is 2.15. The van der Waals surface area contributed by atoms with Crippen molar-refractivity contribution in [2.24, 2.45) is 11.7 Å². The summed E-state index contributed by atoms with van der Waals surface area (Å²) in [6, 6.07) is 12.6. The van der Waals surface area contributed by atoms with Gasteiger partial charge in [-0.3, -0.25) is 0 Å². The summed E-state index contributed by atoms with van der Waals surface area (Å²) in [6.07, 6.45) is 1.03. The van der Waals surface area contributed by atoms with Crippen LogP contribution < -0.4 is 5.73 Å². The van der Waals surface area contributed by atoms with Crippen LogP contribution in [0, 0.1) is 5.92 Å². The van der Waals surface area contributed by atoms with Gasteiger partial charge in [-0.15, -0.1) is 11.3 Å². The zero-order chi connectivity index (χ0) is 12.3. The molecule has 0 spiro atoms. The fraction of sp³-hybridized carbons (Fsp3) is 0.286. The fourth-order valence-electron chi connectivity index (χ4n) is 1.91. The van der Waals surface area contributed by atoms with E-state index in [1.807, 2.05) is 18.2 Å². The first-order valence-electron chi connectivity index (χ1n) is 5.70. The molecule has 2 aromatic rings. The van der Waals surface area contributed by atoms with Crippen LogP contribution in [-0.2, 0) is 6.42 Å². The van der Waals surface area contributed by atoms with Crippen LogP contribution >= 0.6 is 27.3 Å². The Hall–Kier alpha value is -0.640. The lowest BCUT2D eigenvalue weighted by molar-refractivity contribution is 0.471. The van der Waals surface area contributed by atoms with Crippen molar-refractivity contribution in [1.82, 2.24) is 0 Å². The van der Waals surface area contributed by atoms with Gasteiger partial charge in [0.25, 0.3) is 0 Å². The highest BCUT2D eigenvalue weighted by atomic mass is 79.9. The summed E-state index contributed by atoms with van der Waals surface area (Å²) in [5.74, 6) is 0.447. The van der Waals surface area contributed by atoms with Crippen LogP contribution in [0.3, 0.4) is 0 Å². The molecule has 0 aliphatic rings. The minimum Gasteiger partial charge on any atom is -0.324 e. The lowest BCUT2D eigenvalue weighted by atomic mass is 9.92. The number of thiophene rings is 1. The van der Waals surface area contributed by atoms with Crippen LogP contribution in [0.2, 0.25) is 0 Å². The SMILES string of the molecule is CC(Cc1cc(Br)cs1)C(N)c1ccccc1. The van der Waals surface area contributed by atoms with Gasteiger partial charge < -0.3 is 5.73 Å². The second-order valence-electron chi connectivity index (χ2n) is 4.35. The number of hydrogen-bond donors (Lipinski definition) is 1. The van der Waals surface area contributed by atoms with Gasteiger partial charge in [0.1, 0.15) is 0 Å². The molecule has 1 heterocycles. The summed E-state index contributed by atoms with van der Waals surface area (Å²) in [5.41, 5.74) is 7.50. The molecule has 0 aliphatic carbocycles. The Morgan fingerprint density at radius 3 is 2.59 bits per heavy atom. The predicted molar refractivity (Wildman–Crippen MR) is 78.3 cm³/mol. The van der Waals surface area contributed by atoms with Gasteiger partial charge >= 0.3 is 0 Å². The molecule has 17 heavy (non-hydrogen) atoms. The predicted octanol–water partition coefficient (Wildman–Crippen LogP) is 4.39. The van der Waals surface area contributed by atoms with Gasteiger partial charge in [0, 0.05) is 20.8 Å². The molecular formula is C14H16BrNS. The Balaban J connectivity index is 2.03. The Kier molecular flexibility index (Phi) is 4.37. The van der Waals surface area contributed by atoms with Crippen molar-refractivity contribution >= 4 is 27.3 Å². The van der Waals surface area contributed by atoms with Crippen molar-refractivity contribution in [2.45, 2.75) is 19.4 Å². The van der Waals surface area contributed by atoms with Crippen molar-refractivity contribution in [1.29, 1.82) is 0 Å². The van der Waals surface area contributed by atoms with Crippen molar-refractivity contribution in [3.63, 3.8) is 0 Å². The largest absolute Gasteiger partial charge is 0.324 e. The maximum Gasteiger partial charge on any atom is 0.0324 e. The molecule has 0 saturated heterocycles. The number of halogens is 1. The van der Waals surface area contributed by atoms with Crippen molar-refractivity contribution in [3.05, 3.63) is 56.7 Å². The normalized spacial score (nSPS) is 14.5. The molecule has 1 nitrogen and oxygen atoms in total. The number of nitrogens with two attached hydrogens (primary N) is 1. The molecular weight excluding hydrogens is 294 g/mol. The molecule has 0 amide bonds. The number of rotatable bonds is 4. The highest BCUT2D eigenvalue weighted by Crippen LogP contribution is 2.27. The monoisotopic (exact) mass is 309 g/mol. The minimum atomic E-state index is 0.108. The van der Waals surface area contributed by atoms with Gasteiger partial charge in [-0.1, -0.05) is 37.3 Å². The number of benzene rings is 1. The first kappa shape index (κ1) is 12.8. The van der Waals surface area contributed by atoms with E-state index in [1.54, 1.807) is 11.3 Å². The summed E-state index contributed by atoms with van der Waals surface area (Å²) in [6.45, 7) is 2.21. The molecule has 2 rings (SSSR count). The molecule has 90 valence electrons. The average Bonchev–Trinajstić information content (AvgIpc) is 2.75. The van der Waals surface area contributed by atoms with Crippen molar-refractivity contribution in [3.8, 4) is 0 Å². The molecule has 2 N–H and O–H groups in total. The number of hydrogen-bond acceptors (Lipinski definition) is 2. The van der Waals surface area contributed by atoms with Crippen LogP contribution in [0.1, 0.15) is 23.4 Å². The molecule has 1 aromatic carbocycles. The Bertz CT molecular complexity index is 466. The molecule has 0 bridgehead atoms. The van der Waals surface area contributed by atoms with Crippen LogP contribution in [0.25, 0.3) is 0 Å². The first-order chi connectivity index (χ1) is 8.16. The van der Waals surface area contributed by atoms with E-state index in [-0.39, 0.29) is 6.04 Å². The summed E-state index contributed by atoms with van der Waals surface area (Å²) in [4.78, 5) is 1.38. The van der Waals surface area contributed by atoms with Crippen LogP contribution in [0.4, 0.5) is 0 Å². The third-order valence-corrected chi connectivity index (χ3v) is 4.66. The van der Waals surface area contributed by atoms with E-state index in [0.717, 1.165) is 10.9 Å². The molecule has 2 unspecified atom stereocenters. The van der Waals surface area contributed by atoms with E-state index in [4.69, 9.17) is 5.73 Å². The lowest BCUT2D eigenvalue weighted by Gasteiger charge is -2.19. The third kappa shape index (κ3) is 3.41. The fourth-order valence-corrected chi connectivity index (χ4v) is 3.50. The molecule has 0 aliphatic heterocycles. The molecule has 2 atom stereocenters. The third-order valence-electron chi connectivity index (χ3n) is 2.94. The van der Waals surface area contributed by atoms with Crippen molar-refractivity contribution < 1.29 is 0 Å².